The molecule has 0 spiro atoms. The van der Waals surface area contributed by atoms with Gasteiger partial charge in [-0.15, -0.1) is 6.42 Å². The van der Waals surface area contributed by atoms with Gasteiger partial charge in [-0.2, -0.15) is 0 Å². The summed E-state index contributed by atoms with van der Waals surface area (Å²) in [6.45, 7) is 2.35. The summed E-state index contributed by atoms with van der Waals surface area (Å²) >= 11 is 2.20. The second kappa shape index (κ2) is 8.59. The van der Waals surface area contributed by atoms with E-state index in [2.05, 4.69) is 52.6 Å². The molecule has 4 heteroatoms. The van der Waals surface area contributed by atoms with Crippen molar-refractivity contribution >= 4 is 34.5 Å². The number of terminal acetylenes is 1. The number of rotatable bonds is 6. The molecule has 0 aliphatic heterocycles. The fourth-order valence-electron chi connectivity index (χ4n) is 2.04. The Labute approximate surface area is 150 Å². The molecule has 0 aliphatic rings. The van der Waals surface area contributed by atoms with E-state index < -0.39 is 0 Å². The van der Waals surface area contributed by atoms with Crippen molar-refractivity contribution in [2.75, 3.05) is 13.7 Å². The highest BCUT2D eigenvalue weighted by atomic mass is 127. The Morgan fingerprint density at radius 3 is 2.61 bits per heavy atom. The van der Waals surface area contributed by atoms with E-state index >= 15 is 0 Å². The van der Waals surface area contributed by atoms with Crippen LogP contribution in [0.3, 0.4) is 0 Å². The van der Waals surface area contributed by atoms with E-state index in [9.17, 15) is 0 Å². The van der Waals surface area contributed by atoms with E-state index in [1.54, 1.807) is 7.11 Å². The molecule has 0 amide bonds. The monoisotopic (exact) mass is 419 g/mol. The van der Waals surface area contributed by atoms with E-state index in [0.717, 1.165) is 21.2 Å². The van der Waals surface area contributed by atoms with Crippen LogP contribution < -0.4 is 9.47 Å². The van der Waals surface area contributed by atoms with Crippen LogP contribution in [0.15, 0.2) is 41.4 Å². The van der Waals surface area contributed by atoms with Crippen LogP contribution in [0.5, 0.6) is 11.5 Å². The third kappa shape index (κ3) is 4.73. The maximum atomic E-state index is 5.54. The highest BCUT2D eigenvalue weighted by Crippen LogP contribution is 2.33. The summed E-state index contributed by atoms with van der Waals surface area (Å²) in [6, 6.07) is 12.1. The summed E-state index contributed by atoms with van der Waals surface area (Å²) in [5.41, 5.74) is 3.16. The molecular weight excluding hydrogens is 401 g/mol. The second-order valence-corrected chi connectivity index (χ2v) is 5.97. The Hall–Kier alpha value is -2.00. The lowest BCUT2D eigenvalue weighted by Gasteiger charge is -2.11. The molecule has 118 valence electrons. The maximum absolute atomic E-state index is 5.54. The number of halogens is 1. The van der Waals surface area contributed by atoms with E-state index in [1.807, 2.05) is 30.5 Å². The fraction of sp³-hybridized carbons (Fsp3) is 0.211. The van der Waals surface area contributed by atoms with Gasteiger partial charge >= 0.3 is 0 Å². The van der Waals surface area contributed by atoms with Crippen LogP contribution in [-0.2, 0) is 6.42 Å². The van der Waals surface area contributed by atoms with Crippen molar-refractivity contribution in [3.05, 3.63) is 51.1 Å². The Kier molecular flexibility index (Phi) is 6.48. The molecule has 2 aromatic carbocycles. The molecule has 0 unspecified atom stereocenters. The van der Waals surface area contributed by atoms with Gasteiger partial charge in [0.1, 0.15) is 6.61 Å². The van der Waals surface area contributed by atoms with Gasteiger partial charge in [-0.1, -0.05) is 25.0 Å². The van der Waals surface area contributed by atoms with Crippen molar-refractivity contribution in [1.82, 2.24) is 0 Å². The van der Waals surface area contributed by atoms with Crippen molar-refractivity contribution < 1.29 is 9.47 Å². The summed E-state index contributed by atoms with van der Waals surface area (Å²) in [5, 5.41) is 0. The Bertz CT molecular complexity index is 730. The van der Waals surface area contributed by atoms with Gasteiger partial charge in [0.05, 0.1) is 16.4 Å². The number of hydrogen-bond acceptors (Lipinski definition) is 3. The van der Waals surface area contributed by atoms with Crippen LogP contribution in [-0.4, -0.2) is 19.9 Å². The minimum Gasteiger partial charge on any atom is -0.493 e. The van der Waals surface area contributed by atoms with E-state index in [1.165, 1.54) is 5.56 Å². The predicted molar refractivity (Wildman–Crippen MR) is 103 cm³/mol. The smallest absolute Gasteiger partial charge is 0.175 e. The van der Waals surface area contributed by atoms with Crippen LogP contribution in [0.25, 0.3) is 0 Å². The third-order valence-electron chi connectivity index (χ3n) is 3.26. The third-order valence-corrected chi connectivity index (χ3v) is 4.06. The quantitative estimate of drug-likeness (QED) is 0.389. The van der Waals surface area contributed by atoms with E-state index in [0.29, 0.717) is 11.5 Å². The second-order valence-electron chi connectivity index (χ2n) is 4.81. The molecule has 0 atom stereocenters. The van der Waals surface area contributed by atoms with Crippen molar-refractivity contribution in [1.29, 1.82) is 0 Å². The lowest BCUT2D eigenvalue weighted by molar-refractivity contribution is 0.328. The highest BCUT2D eigenvalue weighted by molar-refractivity contribution is 14.1. The highest BCUT2D eigenvalue weighted by Gasteiger charge is 2.10. The molecule has 2 rings (SSSR count). The molecule has 23 heavy (non-hydrogen) atoms. The fourth-order valence-corrected chi connectivity index (χ4v) is 2.82. The maximum Gasteiger partial charge on any atom is 0.175 e. The number of aliphatic imine (C=N–C) groups is 1. The van der Waals surface area contributed by atoms with Gasteiger partial charge < -0.3 is 9.47 Å². The molecule has 0 saturated carbocycles. The SMILES string of the molecule is C#CCOc1c(I)cc(C=Nc2ccc(CC)cc2)cc1OC. The number of aryl methyl sites for hydroxylation is 1. The molecule has 0 aliphatic carbocycles. The van der Waals surface area contributed by atoms with E-state index in [4.69, 9.17) is 15.9 Å². The van der Waals surface area contributed by atoms with Crippen molar-refractivity contribution in [2.45, 2.75) is 13.3 Å². The first-order valence-electron chi connectivity index (χ1n) is 7.24. The van der Waals surface area contributed by atoms with Crippen LogP contribution in [0.4, 0.5) is 5.69 Å². The molecule has 0 fully saturated rings. The molecule has 0 radical (unpaired) electrons. The van der Waals surface area contributed by atoms with Gasteiger partial charge in [0.2, 0.25) is 0 Å². The van der Waals surface area contributed by atoms with Crippen molar-refractivity contribution in [3.63, 3.8) is 0 Å². The largest absolute Gasteiger partial charge is 0.493 e. The van der Waals surface area contributed by atoms with Gasteiger partial charge in [0.25, 0.3) is 0 Å². The van der Waals surface area contributed by atoms with Crippen molar-refractivity contribution in [3.8, 4) is 23.8 Å². The van der Waals surface area contributed by atoms with Crippen LogP contribution in [0.2, 0.25) is 0 Å². The minimum atomic E-state index is 0.212. The molecule has 3 nitrogen and oxygen atoms in total. The van der Waals surface area contributed by atoms with Gasteiger partial charge in [0.15, 0.2) is 11.5 Å². The van der Waals surface area contributed by atoms with Gasteiger partial charge in [-0.3, -0.25) is 4.99 Å². The number of benzene rings is 2. The average molecular weight is 419 g/mol. The van der Waals surface area contributed by atoms with Gasteiger partial charge in [-0.05, 0) is 64.4 Å². The molecule has 0 heterocycles. The zero-order valence-corrected chi connectivity index (χ0v) is 15.3. The van der Waals surface area contributed by atoms with Gasteiger partial charge in [-0.25, -0.2) is 0 Å². The summed E-state index contributed by atoms with van der Waals surface area (Å²) < 4.78 is 11.9. The summed E-state index contributed by atoms with van der Waals surface area (Å²) in [5.74, 6) is 3.77. The minimum absolute atomic E-state index is 0.212. The standard InChI is InChI=1S/C19H18INO2/c1-4-10-23-19-17(20)11-15(12-18(19)22-3)13-21-16-8-6-14(5-2)7-9-16/h1,6-9,11-13H,5,10H2,2-3H3. The number of hydrogen-bond donors (Lipinski definition) is 0. The zero-order chi connectivity index (χ0) is 16.7. The molecule has 0 aromatic heterocycles. The molecular formula is C19H18INO2. The molecule has 0 saturated heterocycles. The summed E-state index contributed by atoms with van der Waals surface area (Å²) in [7, 11) is 1.61. The first-order chi connectivity index (χ1) is 11.2. The number of ether oxygens (including phenoxy) is 2. The van der Waals surface area contributed by atoms with E-state index in [-0.39, 0.29) is 6.61 Å². The Balaban J connectivity index is 2.24. The molecule has 0 bridgehead atoms. The lowest BCUT2D eigenvalue weighted by Crippen LogP contribution is -2.00. The lowest BCUT2D eigenvalue weighted by atomic mass is 10.1. The first kappa shape index (κ1) is 17.4. The summed E-state index contributed by atoms with van der Waals surface area (Å²) in [4.78, 5) is 4.50. The molecule has 0 N–H and O–H groups in total. The molecule has 2 aromatic rings. The Morgan fingerprint density at radius 2 is 2.00 bits per heavy atom. The van der Waals surface area contributed by atoms with Crippen LogP contribution in [0.1, 0.15) is 18.1 Å². The topological polar surface area (TPSA) is 30.8 Å². The number of nitrogens with zero attached hydrogens (tertiary/aromatic N) is 1. The van der Waals surface area contributed by atoms with Gasteiger partial charge in [0, 0.05) is 6.21 Å². The summed E-state index contributed by atoms with van der Waals surface area (Å²) in [6.07, 6.45) is 8.08. The number of methoxy groups -OCH3 is 1. The Morgan fingerprint density at radius 1 is 1.26 bits per heavy atom. The van der Waals surface area contributed by atoms with Crippen molar-refractivity contribution in [2.24, 2.45) is 4.99 Å². The van der Waals surface area contributed by atoms with Crippen LogP contribution >= 0.6 is 22.6 Å². The average Bonchev–Trinajstić information content (AvgIpc) is 2.59. The normalized spacial score (nSPS) is 10.5. The first-order valence-corrected chi connectivity index (χ1v) is 8.32. The van der Waals surface area contributed by atoms with Crippen LogP contribution in [0, 0.1) is 15.9 Å². The zero-order valence-electron chi connectivity index (χ0n) is 13.2. The predicted octanol–water partition coefficient (Wildman–Crippen LogP) is 4.62.